The molecule has 1 heterocycles. The summed E-state index contributed by atoms with van der Waals surface area (Å²) in [4.78, 5) is 16.8. The number of benzene rings is 3. The third-order valence-electron chi connectivity index (χ3n) is 4.80. The highest BCUT2D eigenvalue weighted by molar-refractivity contribution is 7.80. The molecule has 3 aromatic carbocycles. The molecule has 0 aliphatic heterocycles. The number of halogens is 1. The van der Waals surface area contributed by atoms with Crippen molar-refractivity contribution in [1.82, 2.24) is 10.3 Å². The number of anilines is 1. The minimum absolute atomic E-state index is 0.127. The van der Waals surface area contributed by atoms with Gasteiger partial charge in [-0.15, -0.1) is 0 Å². The molecular formula is C24H20FN3O2S. The molecule has 0 aliphatic rings. The van der Waals surface area contributed by atoms with Gasteiger partial charge in [-0.05, 0) is 78.3 Å². The van der Waals surface area contributed by atoms with Gasteiger partial charge in [0.25, 0.3) is 5.91 Å². The normalized spacial score (nSPS) is 11.0. The first-order chi connectivity index (χ1) is 14.9. The SMILES string of the molecule is CC(C)c1ccc(-c2nc3cc(NC(=S)NC(=O)c4ccc(F)cc4)ccc3o2)cc1. The summed E-state index contributed by atoms with van der Waals surface area (Å²) in [6.45, 7) is 4.30. The molecule has 0 spiro atoms. The van der Waals surface area contributed by atoms with Crippen molar-refractivity contribution in [3.8, 4) is 11.5 Å². The van der Waals surface area contributed by atoms with E-state index >= 15 is 0 Å². The van der Waals surface area contributed by atoms with Crippen molar-refractivity contribution < 1.29 is 13.6 Å². The first-order valence-corrected chi connectivity index (χ1v) is 10.2. The summed E-state index contributed by atoms with van der Waals surface area (Å²) in [6, 6.07) is 18.7. The van der Waals surface area contributed by atoms with E-state index in [1.165, 1.54) is 29.8 Å². The summed E-state index contributed by atoms with van der Waals surface area (Å²) in [7, 11) is 0. The average Bonchev–Trinajstić information content (AvgIpc) is 3.17. The number of hydrogen-bond acceptors (Lipinski definition) is 4. The topological polar surface area (TPSA) is 67.2 Å². The van der Waals surface area contributed by atoms with Crippen LogP contribution in [0.25, 0.3) is 22.6 Å². The molecule has 0 unspecified atom stereocenters. The summed E-state index contributed by atoms with van der Waals surface area (Å²) < 4.78 is 18.9. The van der Waals surface area contributed by atoms with Crippen molar-refractivity contribution in [1.29, 1.82) is 0 Å². The first kappa shape index (κ1) is 20.7. The maximum absolute atomic E-state index is 13.0. The van der Waals surface area contributed by atoms with Crippen LogP contribution < -0.4 is 10.6 Å². The van der Waals surface area contributed by atoms with Gasteiger partial charge in [0.05, 0.1) is 0 Å². The summed E-state index contributed by atoms with van der Waals surface area (Å²) in [5.41, 5.74) is 4.44. The van der Waals surface area contributed by atoms with E-state index in [4.69, 9.17) is 16.6 Å². The highest BCUT2D eigenvalue weighted by Gasteiger charge is 2.11. The minimum Gasteiger partial charge on any atom is -0.436 e. The second-order valence-corrected chi connectivity index (χ2v) is 7.80. The van der Waals surface area contributed by atoms with E-state index in [9.17, 15) is 9.18 Å². The predicted molar refractivity (Wildman–Crippen MR) is 124 cm³/mol. The van der Waals surface area contributed by atoms with E-state index in [0.29, 0.717) is 34.2 Å². The Labute approximate surface area is 184 Å². The zero-order valence-electron chi connectivity index (χ0n) is 17.0. The molecule has 0 fully saturated rings. The van der Waals surface area contributed by atoms with Gasteiger partial charge in [0.2, 0.25) is 5.89 Å². The standard InChI is InChI=1S/C24H20FN3O2S/c1-14(2)15-3-5-17(6-4-15)23-27-20-13-19(11-12-21(20)30-23)26-24(31)28-22(29)16-7-9-18(25)10-8-16/h3-14H,1-2H3,(H2,26,28,29,31). The fraction of sp³-hybridized carbons (Fsp3) is 0.125. The Bertz CT molecular complexity index is 1250. The quantitative estimate of drug-likeness (QED) is 0.393. The number of nitrogens with zero attached hydrogens (tertiary/aromatic N) is 1. The van der Waals surface area contributed by atoms with Crippen LogP contribution in [0.2, 0.25) is 0 Å². The van der Waals surface area contributed by atoms with Crippen molar-refractivity contribution in [3.05, 3.63) is 83.7 Å². The van der Waals surface area contributed by atoms with Crippen molar-refractivity contribution in [3.63, 3.8) is 0 Å². The highest BCUT2D eigenvalue weighted by Crippen LogP contribution is 2.27. The largest absolute Gasteiger partial charge is 0.436 e. The molecule has 5 nitrogen and oxygen atoms in total. The zero-order chi connectivity index (χ0) is 22.0. The lowest BCUT2D eigenvalue weighted by molar-refractivity contribution is 0.0977. The fourth-order valence-electron chi connectivity index (χ4n) is 3.08. The second kappa shape index (κ2) is 8.65. The van der Waals surface area contributed by atoms with Crippen LogP contribution in [0.15, 0.2) is 71.1 Å². The Morgan fingerprint density at radius 2 is 1.74 bits per heavy atom. The van der Waals surface area contributed by atoms with E-state index in [2.05, 4.69) is 41.6 Å². The molecule has 4 rings (SSSR count). The lowest BCUT2D eigenvalue weighted by Gasteiger charge is -2.09. The number of fused-ring (bicyclic) bond motifs is 1. The average molecular weight is 434 g/mol. The Morgan fingerprint density at radius 1 is 1.03 bits per heavy atom. The Kier molecular flexibility index (Phi) is 5.77. The van der Waals surface area contributed by atoms with Crippen LogP contribution in [-0.4, -0.2) is 16.0 Å². The summed E-state index contributed by atoms with van der Waals surface area (Å²) in [5, 5.41) is 5.66. The number of aromatic nitrogens is 1. The van der Waals surface area contributed by atoms with Crippen LogP contribution in [0.3, 0.4) is 0 Å². The van der Waals surface area contributed by atoms with Crippen LogP contribution in [-0.2, 0) is 0 Å². The molecule has 0 bridgehead atoms. The predicted octanol–water partition coefficient (Wildman–Crippen LogP) is 5.88. The van der Waals surface area contributed by atoms with E-state index < -0.39 is 11.7 Å². The molecule has 0 aliphatic carbocycles. The van der Waals surface area contributed by atoms with Crippen LogP contribution in [0.1, 0.15) is 35.7 Å². The smallest absolute Gasteiger partial charge is 0.257 e. The third kappa shape index (κ3) is 4.78. The van der Waals surface area contributed by atoms with Crippen molar-refractivity contribution in [2.75, 3.05) is 5.32 Å². The van der Waals surface area contributed by atoms with Gasteiger partial charge in [-0.3, -0.25) is 10.1 Å². The van der Waals surface area contributed by atoms with Crippen molar-refractivity contribution in [2.45, 2.75) is 19.8 Å². The number of carbonyl (C=O) groups excluding carboxylic acids is 1. The Balaban J connectivity index is 1.47. The number of oxazole rings is 1. The Morgan fingerprint density at radius 3 is 2.42 bits per heavy atom. The van der Waals surface area contributed by atoms with Crippen LogP contribution >= 0.6 is 12.2 Å². The van der Waals surface area contributed by atoms with E-state index in [1.54, 1.807) is 18.2 Å². The van der Waals surface area contributed by atoms with E-state index in [-0.39, 0.29) is 5.11 Å². The van der Waals surface area contributed by atoms with E-state index in [0.717, 1.165) is 5.56 Å². The minimum atomic E-state index is -0.424. The van der Waals surface area contributed by atoms with Crippen LogP contribution in [0.5, 0.6) is 0 Å². The highest BCUT2D eigenvalue weighted by atomic mass is 32.1. The number of thiocarbonyl (C=S) groups is 1. The van der Waals surface area contributed by atoms with Gasteiger partial charge in [0, 0.05) is 16.8 Å². The van der Waals surface area contributed by atoms with Crippen LogP contribution in [0, 0.1) is 5.82 Å². The van der Waals surface area contributed by atoms with Crippen LogP contribution in [0.4, 0.5) is 10.1 Å². The molecule has 31 heavy (non-hydrogen) atoms. The zero-order valence-corrected chi connectivity index (χ0v) is 17.8. The summed E-state index contributed by atoms with van der Waals surface area (Å²) in [6.07, 6.45) is 0. The number of carbonyl (C=O) groups is 1. The fourth-order valence-corrected chi connectivity index (χ4v) is 3.29. The maximum atomic E-state index is 13.0. The van der Waals surface area contributed by atoms with Gasteiger partial charge in [0.15, 0.2) is 10.7 Å². The molecule has 0 radical (unpaired) electrons. The number of hydrogen-bond donors (Lipinski definition) is 2. The molecule has 7 heteroatoms. The molecule has 0 atom stereocenters. The lowest BCUT2D eigenvalue weighted by atomic mass is 10.0. The molecule has 1 aromatic heterocycles. The number of amides is 1. The summed E-state index contributed by atoms with van der Waals surface area (Å²) >= 11 is 5.21. The molecule has 156 valence electrons. The third-order valence-corrected chi connectivity index (χ3v) is 5.01. The van der Waals surface area contributed by atoms with Crippen molar-refractivity contribution in [2.24, 2.45) is 0 Å². The number of rotatable bonds is 4. The molecule has 4 aromatic rings. The molecule has 1 amide bonds. The molecule has 0 saturated carbocycles. The van der Waals surface area contributed by atoms with Gasteiger partial charge in [-0.2, -0.15) is 0 Å². The van der Waals surface area contributed by atoms with Gasteiger partial charge in [-0.1, -0.05) is 26.0 Å². The lowest BCUT2D eigenvalue weighted by Crippen LogP contribution is -2.34. The molecule has 2 N–H and O–H groups in total. The number of nitrogens with one attached hydrogen (secondary N) is 2. The van der Waals surface area contributed by atoms with Crippen molar-refractivity contribution >= 4 is 40.0 Å². The monoisotopic (exact) mass is 433 g/mol. The summed E-state index contributed by atoms with van der Waals surface area (Å²) in [5.74, 6) is 0.161. The van der Waals surface area contributed by atoms with E-state index in [1.807, 2.05) is 12.1 Å². The molecule has 0 saturated heterocycles. The second-order valence-electron chi connectivity index (χ2n) is 7.39. The van der Waals surface area contributed by atoms with Gasteiger partial charge < -0.3 is 9.73 Å². The Hall–Kier alpha value is -3.58. The van der Waals surface area contributed by atoms with Gasteiger partial charge in [-0.25, -0.2) is 9.37 Å². The van der Waals surface area contributed by atoms with Gasteiger partial charge in [0.1, 0.15) is 11.3 Å². The molecular weight excluding hydrogens is 413 g/mol. The maximum Gasteiger partial charge on any atom is 0.257 e. The first-order valence-electron chi connectivity index (χ1n) is 9.78. The van der Waals surface area contributed by atoms with Gasteiger partial charge >= 0.3 is 0 Å².